The third-order valence-corrected chi connectivity index (χ3v) is 5.41. The lowest BCUT2D eigenvalue weighted by Crippen LogP contribution is -2.68. The molecule has 0 aromatic carbocycles. The average molecular weight is 296 g/mol. The first kappa shape index (κ1) is 17.3. The molecule has 1 saturated heterocycles. The molecule has 6 heteroatoms. The lowest BCUT2D eigenvalue weighted by molar-refractivity contribution is -0.144. The molecule has 1 aliphatic heterocycles. The molecule has 0 spiro atoms. The Morgan fingerprint density at radius 3 is 2.45 bits per heavy atom. The zero-order chi connectivity index (χ0) is 15.7. The number of carbonyl (C=O) groups is 3. The summed E-state index contributed by atoms with van der Waals surface area (Å²) in [5.41, 5.74) is -2.22. The van der Waals surface area contributed by atoms with Gasteiger partial charge < -0.3 is 10.1 Å². The number of hydrogen-bond acceptors (Lipinski definition) is 4. The summed E-state index contributed by atoms with van der Waals surface area (Å²) in [7, 11) is 1.46. The highest BCUT2D eigenvalue weighted by Crippen LogP contribution is 2.38. The van der Waals surface area contributed by atoms with Gasteiger partial charge in [0.15, 0.2) is 13.1 Å². The second kappa shape index (κ2) is 5.92. The summed E-state index contributed by atoms with van der Waals surface area (Å²) < 4.78 is 0. The predicted molar refractivity (Wildman–Crippen MR) is 83.1 cm³/mol. The highest BCUT2D eigenvalue weighted by molar-refractivity contribution is 8.01. The number of thioether (sulfide) groups is 1. The lowest BCUT2D eigenvalue weighted by Gasteiger charge is -2.46. The van der Waals surface area contributed by atoms with Crippen LogP contribution in [0.25, 0.3) is 0 Å². The van der Waals surface area contributed by atoms with Crippen LogP contribution in [0.15, 0.2) is 0 Å². The van der Waals surface area contributed by atoms with Crippen LogP contribution in [0.3, 0.4) is 0 Å². The van der Waals surface area contributed by atoms with Crippen molar-refractivity contribution in [3.63, 3.8) is 0 Å². The molecule has 2 unspecified atom stereocenters. The van der Waals surface area contributed by atoms with E-state index in [9.17, 15) is 14.4 Å². The predicted octanol–water partition coefficient (Wildman–Crippen LogP) is 1.65. The molecule has 1 rings (SSSR count). The van der Waals surface area contributed by atoms with Gasteiger partial charge in [0.1, 0.15) is 5.54 Å². The van der Waals surface area contributed by atoms with E-state index in [0.717, 1.165) is 0 Å². The van der Waals surface area contributed by atoms with Crippen LogP contribution in [0.1, 0.15) is 41.0 Å². The van der Waals surface area contributed by atoms with Crippen molar-refractivity contribution in [3.05, 3.63) is 0 Å². The number of carbonyl (C=O) groups excluding carboxylic acids is 3. The zero-order valence-corrected chi connectivity index (χ0v) is 13.9. The molecule has 2 atom stereocenters. The fourth-order valence-electron chi connectivity index (χ4n) is 2.41. The van der Waals surface area contributed by atoms with Crippen LogP contribution in [0.5, 0.6) is 0 Å². The third kappa shape index (κ3) is 2.95. The molecule has 0 aromatic heterocycles. The van der Waals surface area contributed by atoms with Crippen LogP contribution >= 0.6 is 11.8 Å². The molecule has 1 fully saturated rings. The quantitative estimate of drug-likeness (QED) is 0.784. The van der Waals surface area contributed by atoms with E-state index >= 15 is 0 Å². The largest absolute Gasteiger partial charge is 0.342 e. The van der Waals surface area contributed by atoms with Crippen molar-refractivity contribution in [2.24, 2.45) is 5.41 Å². The first-order valence-electron chi connectivity index (χ1n) is 6.90. The summed E-state index contributed by atoms with van der Waals surface area (Å²) in [6, 6.07) is 0. The minimum Gasteiger partial charge on any atom is -0.342 e. The van der Waals surface area contributed by atoms with Crippen LogP contribution in [0, 0.1) is 5.41 Å². The van der Waals surface area contributed by atoms with Gasteiger partial charge in [-0.05, 0) is 12.2 Å². The van der Waals surface area contributed by atoms with Gasteiger partial charge in [-0.15, -0.1) is 11.8 Å². The molecule has 0 bridgehead atoms. The molecule has 1 aliphatic rings. The minimum absolute atomic E-state index is 0.0737. The maximum Gasteiger partial charge on any atom is 0.234 e. The van der Waals surface area contributed by atoms with Crippen LogP contribution < -0.4 is 5.32 Å². The van der Waals surface area contributed by atoms with Crippen LogP contribution in [-0.4, -0.2) is 40.7 Å². The Bertz CT molecular complexity index is 436. The van der Waals surface area contributed by atoms with Gasteiger partial charge in [0.25, 0.3) is 0 Å². The molecule has 0 aromatic rings. The first-order valence-corrected chi connectivity index (χ1v) is 7.85. The molecule has 111 valence electrons. The Hall–Kier alpha value is -0.775. The molecule has 20 heavy (non-hydrogen) atoms. The average Bonchev–Trinajstić information content (AvgIpc) is 2.34. The van der Waals surface area contributed by atoms with Gasteiger partial charge in [-0.1, -0.05) is 34.5 Å². The van der Waals surface area contributed by atoms with Crippen LogP contribution in [-0.2, 0) is 14.4 Å². The number of piperidine rings is 1. The van der Waals surface area contributed by atoms with Gasteiger partial charge in [-0.3, -0.25) is 9.59 Å². The van der Waals surface area contributed by atoms with Gasteiger partial charge in [0, 0.05) is 11.8 Å². The highest BCUT2D eigenvalue weighted by Gasteiger charge is 2.54. The van der Waals surface area contributed by atoms with E-state index in [1.807, 2.05) is 13.8 Å². The summed E-state index contributed by atoms with van der Waals surface area (Å²) >= 11 is 1.49. The Kier molecular flexibility index (Phi) is 5.11. The van der Waals surface area contributed by atoms with Gasteiger partial charge >= 0.3 is 0 Å². The van der Waals surface area contributed by atoms with Crippen molar-refractivity contribution < 1.29 is 14.4 Å². The summed E-state index contributed by atoms with van der Waals surface area (Å²) in [5, 5.41) is 2.73. The summed E-state index contributed by atoms with van der Waals surface area (Å²) in [5.74, 6) is -0.224. The van der Waals surface area contributed by atoms with Gasteiger partial charge in [-0.25, -0.2) is 0 Å². The Balaban J connectivity index is 3.03. The van der Waals surface area contributed by atoms with Crippen molar-refractivity contribution in [1.29, 1.82) is 0 Å². The number of ketones is 1. The Morgan fingerprint density at radius 2 is 2.00 bits per heavy atom. The fourth-order valence-corrected chi connectivity index (χ4v) is 3.50. The van der Waals surface area contributed by atoms with Crippen molar-refractivity contribution >= 4 is 36.4 Å². The van der Waals surface area contributed by atoms with Gasteiger partial charge in [0.2, 0.25) is 5.91 Å². The number of rotatable bonds is 5. The van der Waals surface area contributed by atoms with Crippen molar-refractivity contribution in [3.8, 4) is 0 Å². The number of amides is 1. The first-order chi connectivity index (χ1) is 9.06. The second-order valence-electron chi connectivity index (χ2n) is 6.19. The molecule has 1 N–H and O–H groups in total. The third-order valence-electron chi connectivity index (χ3n) is 4.16. The van der Waals surface area contributed by atoms with E-state index in [4.69, 9.17) is 0 Å². The van der Waals surface area contributed by atoms with E-state index < -0.39 is 11.0 Å². The van der Waals surface area contributed by atoms with Crippen LogP contribution in [0.2, 0.25) is 6.82 Å². The lowest BCUT2D eigenvalue weighted by atomic mass is 9.55. The SMILES string of the molecule is C[B]C(=O)C(C)(C)C1(C)NC(=O)C(SC(C)C)CC1=O. The maximum absolute atomic E-state index is 12.5. The molecular weight excluding hydrogens is 273 g/mol. The Labute approximate surface area is 126 Å². The molecular formula is C14H23BNO3S. The second-order valence-corrected chi connectivity index (χ2v) is 7.98. The standard InChI is InChI=1S/C14H23BNO3S/c1-8(2)20-9-7-10(17)14(5,16-11(9)18)13(3,4)12(19)15-6/h8-9H,7H2,1-6H3,(H,16,18). The fraction of sp³-hybridized carbons (Fsp3) is 0.786. The van der Waals surface area contributed by atoms with E-state index in [1.165, 1.54) is 19.0 Å². The molecule has 1 radical (unpaired) electrons. The molecule has 1 heterocycles. The monoisotopic (exact) mass is 296 g/mol. The number of hydrogen-bond donors (Lipinski definition) is 1. The van der Waals surface area contributed by atoms with E-state index in [-0.39, 0.29) is 34.3 Å². The Morgan fingerprint density at radius 1 is 1.45 bits per heavy atom. The van der Waals surface area contributed by atoms with E-state index in [0.29, 0.717) is 0 Å². The van der Waals surface area contributed by atoms with E-state index in [1.54, 1.807) is 27.6 Å². The summed E-state index contributed by atoms with van der Waals surface area (Å²) in [6.45, 7) is 10.7. The topological polar surface area (TPSA) is 63.2 Å². The van der Waals surface area contributed by atoms with Crippen molar-refractivity contribution in [1.82, 2.24) is 5.32 Å². The smallest absolute Gasteiger partial charge is 0.234 e. The minimum atomic E-state index is -1.14. The molecule has 0 saturated carbocycles. The van der Waals surface area contributed by atoms with Crippen molar-refractivity contribution in [2.45, 2.75) is 63.9 Å². The van der Waals surface area contributed by atoms with Crippen LogP contribution in [0.4, 0.5) is 0 Å². The molecule has 0 aliphatic carbocycles. The molecule has 4 nitrogen and oxygen atoms in total. The summed E-state index contributed by atoms with van der Waals surface area (Å²) in [6.07, 6.45) is 0.186. The van der Waals surface area contributed by atoms with Gasteiger partial charge in [-0.2, -0.15) is 0 Å². The van der Waals surface area contributed by atoms with Gasteiger partial charge in [0.05, 0.1) is 10.9 Å². The maximum atomic E-state index is 12.5. The zero-order valence-electron chi connectivity index (χ0n) is 13.1. The normalized spacial score (nSPS) is 27.4. The number of nitrogens with one attached hydrogen (secondary N) is 1. The highest BCUT2D eigenvalue weighted by atomic mass is 32.2. The molecule has 1 amide bonds. The van der Waals surface area contributed by atoms with Crippen molar-refractivity contribution in [2.75, 3.05) is 0 Å². The summed E-state index contributed by atoms with van der Waals surface area (Å²) in [4.78, 5) is 36.9. The van der Waals surface area contributed by atoms with E-state index in [2.05, 4.69) is 5.32 Å². The number of Topliss-reactive ketones (excluding diaryl/α,β-unsaturated/α-hetero) is 1.